The Kier molecular flexibility index (Phi) is 5.33. The number of anilines is 1. The van der Waals surface area contributed by atoms with Crippen molar-refractivity contribution < 1.29 is 17.1 Å². The van der Waals surface area contributed by atoms with Gasteiger partial charge in [0, 0.05) is 6.42 Å². The van der Waals surface area contributed by atoms with E-state index >= 15 is 0 Å². The number of carbonyl (C=O) groups excluding carboxylic acids is 1. The highest BCUT2D eigenvalue weighted by Gasteiger charge is 2.19. The van der Waals surface area contributed by atoms with Gasteiger partial charge < -0.3 is 5.32 Å². The molecule has 1 saturated carbocycles. The molecule has 0 atom stereocenters. The SMILES string of the molecule is O=C(CCC1CCCCC1)Nc1ccccc1S(=O)(=O)F. The van der Waals surface area contributed by atoms with Crippen molar-refractivity contribution in [3.05, 3.63) is 24.3 Å². The van der Waals surface area contributed by atoms with Crippen molar-refractivity contribution in [1.82, 2.24) is 0 Å². The first-order chi connectivity index (χ1) is 9.97. The Hall–Kier alpha value is -1.43. The van der Waals surface area contributed by atoms with Crippen molar-refractivity contribution in [3.63, 3.8) is 0 Å². The average molecular weight is 313 g/mol. The molecule has 6 heteroatoms. The molecule has 2 rings (SSSR count). The van der Waals surface area contributed by atoms with Gasteiger partial charge in [0.1, 0.15) is 4.90 Å². The minimum absolute atomic E-state index is 0.00800. The number of hydrogen-bond donors (Lipinski definition) is 1. The molecule has 4 nitrogen and oxygen atoms in total. The number of amides is 1. The van der Waals surface area contributed by atoms with Crippen LogP contribution in [0.1, 0.15) is 44.9 Å². The van der Waals surface area contributed by atoms with Crippen LogP contribution in [0.5, 0.6) is 0 Å². The Morgan fingerprint density at radius 2 is 1.86 bits per heavy atom. The molecule has 0 unspecified atom stereocenters. The van der Waals surface area contributed by atoms with E-state index in [1.54, 1.807) is 6.07 Å². The number of carbonyl (C=O) groups is 1. The molecule has 0 aromatic heterocycles. The summed E-state index contributed by atoms with van der Waals surface area (Å²) in [7, 11) is -4.83. The van der Waals surface area contributed by atoms with Crippen LogP contribution in [0.3, 0.4) is 0 Å². The van der Waals surface area contributed by atoms with Crippen molar-refractivity contribution in [1.29, 1.82) is 0 Å². The normalized spacial score (nSPS) is 16.6. The molecule has 1 fully saturated rings. The summed E-state index contributed by atoms with van der Waals surface area (Å²) in [6, 6.07) is 5.52. The fourth-order valence-electron chi connectivity index (χ4n) is 2.81. The van der Waals surface area contributed by atoms with E-state index in [-0.39, 0.29) is 11.6 Å². The summed E-state index contributed by atoms with van der Waals surface area (Å²) in [5.74, 6) is 0.307. The van der Waals surface area contributed by atoms with Crippen LogP contribution in [0.25, 0.3) is 0 Å². The van der Waals surface area contributed by atoms with E-state index in [0.29, 0.717) is 12.3 Å². The Morgan fingerprint density at radius 3 is 2.52 bits per heavy atom. The third-order valence-corrected chi connectivity index (χ3v) is 4.81. The first kappa shape index (κ1) is 15.9. The zero-order valence-corrected chi connectivity index (χ0v) is 12.7. The average Bonchev–Trinajstić information content (AvgIpc) is 2.46. The van der Waals surface area contributed by atoms with E-state index < -0.39 is 15.1 Å². The number of nitrogens with one attached hydrogen (secondary N) is 1. The van der Waals surface area contributed by atoms with Gasteiger partial charge in [-0.05, 0) is 24.5 Å². The summed E-state index contributed by atoms with van der Waals surface area (Å²) in [4.78, 5) is 11.4. The molecule has 1 aromatic carbocycles. The van der Waals surface area contributed by atoms with Crippen LogP contribution in [-0.4, -0.2) is 14.3 Å². The van der Waals surface area contributed by atoms with E-state index in [4.69, 9.17) is 0 Å². The zero-order chi connectivity index (χ0) is 15.3. The number of hydrogen-bond acceptors (Lipinski definition) is 3. The van der Waals surface area contributed by atoms with Crippen LogP contribution in [0, 0.1) is 5.92 Å². The second-order valence-corrected chi connectivity index (χ2v) is 6.84. The first-order valence-electron chi connectivity index (χ1n) is 7.30. The molecule has 0 aliphatic heterocycles. The molecule has 1 N–H and O–H groups in total. The lowest BCUT2D eigenvalue weighted by Crippen LogP contribution is -2.16. The minimum atomic E-state index is -4.83. The molecule has 0 bridgehead atoms. The minimum Gasteiger partial charge on any atom is -0.325 e. The quantitative estimate of drug-likeness (QED) is 0.844. The Morgan fingerprint density at radius 1 is 1.19 bits per heavy atom. The predicted molar refractivity (Wildman–Crippen MR) is 79.2 cm³/mol. The summed E-state index contributed by atoms with van der Waals surface area (Å²) in [5, 5.41) is 2.50. The monoisotopic (exact) mass is 313 g/mol. The molecule has 1 aliphatic carbocycles. The highest BCUT2D eigenvalue weighted by Crippen LogP contribution is 2.28. The van der Waals surface area contributed by atoms with Crippen LogP contribution >= 0.6 is 0 Å². The van der Waals surface area contributed by atoms with E-state index in [2.05, 4.69) is 5.32 Å². The highest BCUT2D eigenvalue weighted by atomic mass is 32.3. The predicted octanol–water partition coefficient (Wildman–Crippen LogP) is 3.64. The Bertz CT molecular complexity index is 595. The molecular formula is C15H20FNO3S. The van der Waals surface area contributed by atoms with E-state index in [1.807, 2.05) is 0 Å². The smallest absolute Gasteiger partial charge is 0.325 e. The molecule has 0 radical (unpaired) electrons. The zero-order valence-electron chi connectivity index (χ0n) is 11.8. The van der Waals surface area contributed by atoms with Gasteiger partial charge in [0.25, 0.3) is 0 Å². The lowest BCUT2D eigenvalue weighted by molar-refractivity contribution is -0.116. The first-order valence-corrected chi connectivity index (χ1v) is 8.69. The van der Waals surface area contributed by atoms with E-state index in [1.165, 1.54) is 31.4 Å². The second-order valence-electron chi connectivity index (χ2n) is 5.52. The summed E-state index contributed by atoms with van der Waals surface area (Å²) >= 11 is 0. The number of halogens is 1. The van der Waals surface area contributed by atoms with Gasteiger partial charge in [-0.2, -0.15) is 8.42 Å². The Labute approximate surface area is 125 Å². The maximum atomic E-state index is 13.1. The molecule has 1 aliphatic rings. The van der Waals surface area contributed by atoms with Crippen molar-refractivity contribution in [2.24, 2.45) is 5.92 Å². The van der Waals surface area contributed by atoms with Gasteiger partial charge in [-0.15, -0.1) is 3.89 Å². The third-order valence-electron chi connectivity index (χ3n) is 3.93. The van der Waals surface area contributed by atoms with Crippen LogP contribution in [0.2, 0.25) is 0 Å². The van der Waals surface area contributed by atoms with Crippen LogP contribution in [0.15, 0.2) is 29.2 Å². The third kappa shape index (κ3) is 4.81. The van der Waals surface area contributed by atoms with Gasteiger partial charge in [-0.25, -0.2) is 0 Å². The Balaban J connectivity index is 1.93. The molecule has 21 heavy (non-hydrogen) atoms. The van der Waals surface area contributed by atoms with Crippen molar-refractivity contribution in [2.75, 3.05) is 5.32 Å². The van der Waals surface area contributed by atoms with Crippen molar-refractivity contribution >= 4 is 21.8 Å². The van der Waals surface area contributed by atoms with Gasteiger partial charge >= 0.3 is 10.2 Å². The van der Waals surface area contributed by atoms with Crippen molar-refractivity contribution in [3.8, 4) is 0 Å². The van der Waals surface area contributed by atoms with E-state index in [9.17, 15) is 17.1 Å². The summed E-state index contributed by atoms with van der Waals surface area (Å²) in [5.41, 5.74) is 0.00800. The summed E-state index contributed by atoms with van der Waals surface area (Å²) < 4.78 is 35.2. The fourth-order valence-corrected chi connectivity index (χ4v) is 3.43. The number of para-hydroxylation sites is 1. The van der Waals surface area contributed by atoms with Gasteiger partial charge in [-0.3, -0.25) is 4.79 Å². The second kappa shape index (κ2) is 7.02. The molecule has 0 spiro atoms. The van der Waals surface area contributed by atoms with Crippen molar-refractivity contribution in [2.45, 2.75) is 49.8 Å². The number of rotatable bonds is 5. The molecule has 1 amide bonds. The molecule has 0 heterocycles. The van der Waals surface area contributed by atoms with Gasteiger partial charge in [0.2, 0.25) is 5.91 Å². The fraction of sp³-hybridized carbons (Fsp3) is 0.533. The standard InChI is InChI=1S/C15H20FNO3S/c16-21(19,20)14-9-5-4-8-13(14)17-15(18)11-10-12-6-2-1-3-7-12/h4-5,8-9,12H,1-3,6-7,10-11H2,(H,17,18). The molecule has 1 aromatic rings. The summed E-state index contributed by atoms with van der Waals surface area (Å²) in [6.07, 6.45) is 7.15. The highest BCUT2D eigenvalue weighted by molar-refractivity contribution is 7.86. The summed E-state index contributed by atoms with van der Waals surface area (Å²) in [6.45, 7) is 0. The number of benzene rings is 1. The van der Waals surface area contributed by atoms with Gasteiger partial charge in [-0.1, -0.05) is 44.2 Å². The van der Waals surface area contributed by atoms with E-state index in [0.717, 1.165) is 25.3 Å². The molecule has 116 valence electrons. The van der Waals surface area contributed by atoms with Crippen LogP contribution < -0.4 is 5.32 Å². The maximum absolute atomic E-state index is 13.1. The van der Waals surface area contributed by atoms with Gasteiger partial charge in [0.05, 0.1) is 5.69 Å². The van der Waals surface area contributed by atoms with Gasteiger partial charge in [0.15, 0.2) is 0 Å². The topological polar surface area (TPSA) is 63.2 Å². The van der Waals surface area contributed by atoms with Crippen LogP contribution in [0.4, 0.5) is 9.57 Å². The maximum Gasteiger partial charge on any atom is 0.334 e. The molecular weight excluding hydrogens is 293 g/mol. The molecule has 0 saturated heterocycles. The lowest BCUT2D eigenvalue weighted by atomic mass is 9.86. The largest absolute Gasteiger partial charge is 0.334 e. The van der Waals surface area contributed by atoms with Crippen LogP contribution in [-0.2, 0) is 15.0 Å². The lowest BCUT2D eigenvalue weighted by Gasteiger charge is -2.21.